The number of rotatable bonds is 8. The summed E-state index contributed by atoms with van der Waals surface area (Å²) in [6.07, 6.45) is 18.9. The lowest BCUT2D eigenvalue weighted by atomic mass is 10.2. The second-order valence-electron chi connectivity index (χ2n) is 5.19. The highest BCUT2D eigenvalue weighted by atomic mass is 14.7. The van der Waals surface area contributed by atoms with Gasteiger partial charge in [-0.1, -0.05) is 60.9 Å². The predicted octanol–water partition coefficient (Wildman–Crippen LogP) is 5.83. The van der Waals surface area contributed by atoms with Crippen molar-refractivity contribution in [1.29, 1.82) is 0 Å². The van der Waals surface area contributed by atoms with Crippen LogP contribution in [-0.4, -0.2) is 12.8 Å². The molecule has 20 heavy (non-hydrogen) atoms. The average Bonchev–Trinajstić information content (AvgIpc) is 2.38. The van der Waals surface area contributed by atoms with Crippen molar-refractivity contribution in [3.63, 3.8) is 0 Å². The summed E-state index contributed by atoms with van der Waals surface area (Å²) in [6.45, 7) is 11.5. The van der Waals surface area contributed by atoms with Gasteiger partial charge in [0.2, 0.25) is 0 Å². The van der Waals surface area contributed by atoms with Crippen LogP contribution in [-0.2, 0) is 0 Å². The van der Waals surface area contributed by atoms with Crippen molar-refractivity contribution in [3.05, 3.63) is 59.3 Å². The molecule has 110 valence electrons. The standard InChI is InChI=1S/C19H29N/c1-6-7-15-20-16-14-19(5)13-9-12-18(4)11-8-10-17(2)3/h8-14,16H,6-7,15H2,1-5H3/b11-8+,13-9+,18-12+,19-14+,20-16+. The van der Waals surface area contributed by atoms with Crippen LogP contribution in [0.25, 0.3) is 0 Å². The first-order chi connectivity index (χ1) is 9.56. The molecule has 0 spiro atoms. The van der Waals surface area contributed by atoms with Crippen LogP contribution in [0.4, 0.5) is 0 Å². The van der Waals surface area contributed by atoms with Gasteiger partial charge in [-0.05, 0) is 45.8 Å². The van der Waals surface area contributed by atoms with E-state index in [4.69, 9.17) is 0 Å². The number of hydrogen-bond donors (Lipinski definition) is 0. The highest BCUT2D eigenvalue weighted by Gasteiger charge is 1.81. The van der Waals surface area contributed by atoms with Crippen molar-refractivity contribution in [2.24, 2.45) is 4.99 Å². The van der Waals surface area contributed by atoms with Gasteiger partial charge < -0.3 is 0 Å². The molecule has 0 aromatic heterocycles. The first-order valence-corrected chi connectivity index (χ1v) is 7.39. The van der Waals surface area contributed by atoms with Crippen LogP contribution < -0.4 is 0 Å². The lowest BCUT2D eigenvalue weighted by Crippen LogP contribution is -1.79. The lowest BCUT2D eigenvalue weighted by Gasteiger charge is -1.90. The van der Waals surface area contributed by atoms with Gasteiger partial charge in [-0.15, -0.1) is 0 Å². The molecule has 0 aromatic rings. The molecule has 0 bridgehead atoms. The van der Waals surface area contributed by atoms with Crippen molar-refractivity contribution in [1.82, 2.24) is 0 Å². The topological polar surface area (TPSA) is 12.4 Å². The Labute approximate surface area is 125 Å². The zero-order valence-corrected chi connectivity index (χ0v) is 13.7. The highest BCUT2D eigenvalue weighted by molar-refractivity contribution is 5.72. The molecule has 0 fully saturated rings. The van der Waals surface area contributed by atoms with Gasteiger partial charge in [0.05, 0.1) is 0 Å². The fourth-order valence-corrected chi connectivity index (χ4v) is 1.35. The maximum Gasteiger partial charge on any atom is 0.0389 e. The van der Waals surface area contributed by atoms with E-state index in [1.54, 1.807) is 0 Å². The van der Waals surface area contributed by atoms with Crippen molar-refractivity contribution in [2.45, 2.75) is 47.5 Å². The fraction of sp³-hybridized carbons (Fsp3) is 0.421. The third-order valence-electron chi connectivity index (χ3n) is 2.59. The van der Waals surface area contributed by atoms with E-state index in [1.807, 2.05) is 12.3 Å². The first kappa shape index (κ1) is 18.4. The molecule has 0 N–H and O–H groups in total. The molecule has 0 aliphatic carbocycles. The van der Waals surface area contributed by atoms with Gasteiger partial charge in [-0.25, -0.2) is 0 Å². The predicted molar refractivity (Wildman–Crippen MR) is 93.5 cm³/mol. The molecule has 0 rings (SSSR count). The maximum absolute atomic E-state index is 4.33. The SMILES string of the molecule is CCCC/N=C/C=C(C)/C=C/C=C(C)/C=C/C=C(C)C. The quantitative estimate of drug-likeness (QED) is 0.299. The van der Waals surface area contributed by atoms with Gasteiger partial charge in [0, 0.05) is 12.8 Å². The number of allylic oxidation sites excluding steroid dienone is 10. The smallest absolute Gasteiger partial charge is 0.0389 e. The van der Waals surface area contributed by atoms with E-state index in [0.29, 0.717) is 0 Å². The van der Waals surface area contributed by atoms with Gasteiger partial charge in [0.15, 0.2) is 0 Å². The van der Waals surface area contributed by atoms with Crippen LogP contribution >= 0.6 is 0 Å². The monoisotopic (exact) mass is 271 g/mol. The number of nitrogens with zero attached hydrogens (tertiary/aromatic N) is 1. The Kier molecular flexibility index (Phi) is 11.4. The molecular formula is C19H29N. The first-order valence-electron chi connectivity index (χ1n) is 7.39. The Morgan fingerprint density at radius 1 is 0.850 bits per heavy atom. The minimum Gasteiger partial charge on any atom is -0.293 e. The Hall–Kier alpha value is -1.63. The van der Waals surface area contributed by atoms with Crippen LogP contribution in [0.1, 0.15) is 47.5 Å². The molecule has 0 heterocycles. The molecule has 0 atom stereocenters. The normalized spacial score (nSPS) is 13.8. The minimum absolute atomic E-state index is 0.929. The molecule has 0 radical (unpaired) electrons. The summed E-state index contributed by atoms with van der Waals surface area (Å²) in [4.78, 5) is 4.33. The van der Waals surface area contributed by atoms with E-state index in [-0.39, 0.29) is 0 Å². The molecule has 0 amide bonds. The minimum atomic E-state index is 0.929. The van der Waals surface area contributed by atoms with Crippen molar-refractivity contribution >= 4 is 6.21 Å². The second-order valence-corrected chi connectivity index (χ2v) is 5.19. The van der Waals surface area contributed by atoms with Crippen LogP contribution in [0.15, 0.2) is 64.2 Å². The van der Waals surface area contributed by atoms with E-state index in [2.05, 4.69) is 76.1 Å². The zero-order chi connectivity index (χ0) is 15.2. The van der Waals surface area contributed by atoms with Crippen LogP contribution in [0.3, 0.4) is 0 Å². The Bertz CT molecular complexity index is 425. The summed E-state index contributed by atoms with van der Waals surface area (Å²) in [5.41, 5.74) is 3.76. The zero-order valence-electron chi connectivity index (χ0n) is 13.7. The largest absolute Gasteiger partial charge is 0.293 e. The molecule has 1 nitrogen and oxygen atoms in total. The lowest BCUT2D eigenvalue weighted by molar-refractivity contribution is 0.810. The molecule has 0 aromatic carbocycles. The summed E-state index contributed by atoms with van der Waals surface area (Å²) >= 11 is 0. The second kappa shape index (κ2) is 12.4. The van der Waals surface area contributed by atoms with Gasteiger partial charge in [-0.3, -0.25) is 4.99 Å². The molecule has 0 saturated heterocycles. The van der Waals surface area contributed by atoms with E-state index < -0.39 is 0 Å². The van der Waals surface area contributed by atoms with Gasteiger partial charge in [-0.2, -0.15) is 0 Å². The summed E-state index contributed by atoms with van der Waals surface area (Å²) in [7, 11) is 0. The number of unbranched alkanes of at least 4 members (excludes halogenated alkanes) is 1. The van der Waals surface area contributed by atoms with Gasteiger partial charge in [0.25, 0.3) is 0 Å². The summed E-state index contributed by atoms with van der Waals surface area (Å²) < 4.78 is 0. The van der Waals surface area contributed by atoms with Crippen molar-refractivity contribution < 1.29 is 0 Å². The van der Waals surface area contributed by atoms with Gasteiger partial charge in [0.1, 0.15) is 0 Å². The van der Waals surface area contributed by atoms with E-state index in [9.17, 15) is 0 Å². The Balaban J connectivity index is 4.27. The van der Waals surface area contributed by atoms with Crippen LogP contribution in [0, 0.1) is 0 Å². The molecule has 0 aliphatic rings. The molecule has 1 heteroatoms. The van der Waals surface area contributed by atoms with E-state index in [1.165, 1.54) is 29.6 Å². The van der Waals surface area contributed by atoms with Gasteiger partial charge >= 0.3 is 0 Å². The van der Waals surface area contributed by atoms with Crippen LogP contribution in [0.5, 0.6) is 0 Å². The number of aliphatic imine (C=N–C) groups is 1. The van der Waals surface area contributed by atoms with E-state index in [0.717, 1.165) is 6.54 Å². The highest BCUT2D eigenvalue weighted by Crippen LogP contribution is 2.00. The Morgan fingerprint density at radius 3 is 2.05 bits per heavy atom. The summed E-state index contributed by atoms with van der Waals surface area (Å²) in [5.74, 6) is 0. The van der Waals surface area contributed by atoms with Crippen LogP contribution in [0.2, 0.25) is 0 Å². The molecule has 0 unspecified atom stereocenters. The van der Waals surface area contributed by atoms with Crippen molar-refractivity contribution in [3.8, 4) is 0 Å². The maximum atomic E-state index is 4.33. The third kappa shape index (κ3) is 12.8. The summed E-state index contributed by atoms with van der Waals surface area (Å²) in [6, 6.07) is 0. The molecule has 0 aliphatic heterocycles. The van der Waals surface area contributed by atoms with E-state index >= 15 is 0 Å². The summed E-state index contributed by atoms with van der Waals surface area (Å²) in [5, 5.41) is 0. The Morgan fingerprint density at radius 2 is 1.45 bits per heavy atom. The third-order valence-corrected chi connectivity index (χ3v) is 2.59. The molecule has 0 saturated carbocycles. The fourth-order valence-electron chi connectivity index (χ4n) is 1.35. The molecular weight excluding hydrogens is 242 g/mol. The number of hydrogen-bond acceptors (Lipinski definition) is 1. The van der Waals surface area contributed by atoms with Crippen molar-refractivity contribution in [2.75, 3.05) is 6.54 Å². The average molecular weight is 271 g/mol.